The van der Waals surface area contributed by atoms with Crippen LogP contribution >= 0.6 is 24.8 Å². The zero-order valence-corrected chi connectivity index (χ0v) is 18.0. The third-order valence-corrected chi connectivity index (χ3v) is 6.45. The van der Waals surface area contributed by atoms with Gasteiger partial charge in [0.05, 0.1) is 18.9 Å². The topological polar surface area (TPSA) is 70.8 Å². The van der Waals surface area contributed by atoms with Crippen LogP contribution < -0.4 is 15.5 Å². The largest absolute Gasteiger partial charge is 0.379 e. The monoisotopic (exact) mass is 430 g/mol. The van der Waals surface area contributed by atoms with Gasteiger partial charge in [0.2, 0.25) is 5.95 Å². The van der Waals surface area contributed by atoms with Crippen LogP contribution in [-0.4, -0.2) is 79.4 Å². The lowest BCUT2D eigenvalue weighted by atomic mass is 9.78. The summed E-state index contributed by atoms with van der Waals surface area (Å²) in [5.74, 6) is 2.57. The fraction of sp³-hybridized carbons (Fsp3) is 0.789. The summed E-state index contributed by atoms with van der Waals surface area (Å²) >= 11 is 0. The molecule has 3 aliphatic heterocycles. The van der Waals surface area contributed by atoms with E-state index < -0.39 is 0 Å². The molecule has 2 N–H and O–H groups in total. The van der Waals surface area contributed by atoms with Gasteiger partial charge in [0, 0.05) is 63.3 Å². The SMILES string of the molecule is Cl.Cl.NC1CC(c2cc(N3CC(N4CCOCC4)C3)nc(N3CCCC3)n2)C1. The predicted molar refractivity (Wildman–Crippen MR) is 116 cm³/mol. The van der Waals surface area contributed by atoms with E-state index in [4.69, 9.17) is 20.4 Å². The molecular formula is C19H32Cl2N6O. The van der Waals surface area contributed by atoms with Crippen molar-refractivity contribution in [3.8, 4) is 0 Å². The molecule has 0 radical (unpaired) electrons. The molecule has 1 saturated carbocycles. The number of aromatic nitrogens is 2. The van der Waals surface area contributed by atoms with Crippen molar-refractivity contribution in [2.24, 2.45) is 5.73 Å². The average Bonchev–Trinajstić information content (AvgIpc) is 3.13. The number of anilines is 2. The molecule has 28 heavy (non-hydrogen) atoms. The summed E-state index contributed by atoms with van der Waals surface area (Å²) in [4.78, 5) is 17.2. The van der Waals surface area contributed by atoms with Gasteiger partial charge >= 0.3 is 0 Å². The molecule has 3 saturated heterocycles. The zero-order valence-electron chi connectivity index (χ0n) is 16.3. The number of morpholine rings is 1. The van der Waals surface area contributed by atoms with E-state index in [1.54, 1.807) is 0 Å². The maximum atomic E-state index is 6.02. The van der Waals surface area contributed by atoms with Crippen molar-refractivity contribution in [2.75, 3.05) is 62.3 Å². The molecule has 1 aromatic heterocycles. The Kier molecular flexibility index (Phi) is 7.26. The minimum absolute atomic E-state index is 0. The fourth-order valence-electron chi connectivity index (χ4n) is 4.59. The zero-order chi connectivity index (χ0) is 17.5. The molecule has 4 aliphatic rings. The quantitative estimate of drug-likeness (QED) is 0.777. The van der Waals surface area contributed by atoms with Crippen molar-refractivity contribution >= 4 is 36.6 Å². The highest BCUT2D eigenvalue weighted by molar-refractivity contribution is 5.85. The lowest BCUT2D eigenvalue weighted by Gasteiger charge is -2.47. The molecule has 9 heteroatoms. The molecule has 0 unspecified atom stereocenters. The number of nitrogens with zero attached hydrogens (tertiary/aromatic N) is 5. The smallest absolute Gasteiger partial charge is 0.227 e. The molecule has 0 aromatic carbocycles. The number of halogens is 2. The number of hydrogen-bond donors (Lipinski definition) is 1. The van der Waals surface area contributed by atoms with Gasteiger partial charge in [-0.2, -0.15) is 4.98 Å². The van der Waals surface area contributed by atoms with Crippen LogP contribution in [0.3, 0.4) is 0 Å². The van der Waals surface area contributed by atoms with Crippen LogP contribution in [0.5, 0.6) is 0 Å². The molecule has 0 atom stereocenters. The van der Waals surface area contributed by atoms with Gasteiger partial charge in [-0.3, -0.25) is 4.90 Å². The molecule has 0 spiro atoms. The molecule has 4 fully saturated rings. The molecule has 1 aliphatic carbocycles. The van der Waals surface area contributed by atoms with Gasteiger partial charge in [0.15, 0.2) is 0 Å². The van der Waals surface area contributed by atoms with Crippen molar-refractivity contribution in [3.63, 3.8) is 0 Å². The minimum atomic E-state index is 0. The van der Waals surface area contributed by atoms with E-state index in [0.29, 0.717) is 18.0 Å². The fourth-order valence-corrected chi connectivity index (χ4v) is 4.59. The molecule has 0 bridgehead atoms. The van der Waals surface area contributed by atoms with Crippen LogP contribution in [-0.2, 0) is 4.74 Å². The van der Waals surface area contributed by atoms with Crippen molar-refractivity contribution < 1.29 is 4.74 Å². The second-order valence-electron chi connectivity index (χ2n) is 8.28. The van der Waals surface area contributed by atoms with Gasteiger partial charge in [-0.05, 0) is 25.7 Å². The first-order chi connectivity index (χ1) is 12.8. The van der Waals surface area contributed by atoms with Gasteiger partial charge in [-0.1, -0.05) is 0 Å². The van der Waals surface area contributed by atoms with Crippen LogP contribution in [0.4, 0.5) is 11.8 Å². The van der Waals surface area contributed by atoms with Crippen molar-refractivity contribution in [3.05, 3.63) is 11.8 Å². The number of hydrogen-bond acceptors (Lipinski definition) is 7. The number of ether oxygens (including phenoxy) is 1. The predicted octanol–water partition coefficient (Wildman–Crippen LogP) is 1.65. The molecule has 5 rings (SSSR count). The summed E-state index contributed by atoms with van der Waals surface area (Å²) in [7, 11) is 0. The van der Waals surface area contributed by atoms with E-state index in [2.05, 4.69) is 20.8 Å². The summed E-state index contributed by atoms with van der Waals surface area (Å²) in [6, 6.07) is 3.22. The van der Waals surface area contributed by atoms with Crippen LogP contribution in [0.15, 0.2) is 6.07 Å². The second kappa shape index (κ2) is 9.30. The Labute approximate surface area is 179 Å². The lowest BCUT2D eigenvalue weighted by molar-refractivity contribution is 0.0104. The maximum Gasteiger partial charge on any atom is 0.227 e. The molecule has 4 heterocycles. The summed E-state index contributed by atoms with van der Waals surface area (Å²) in [6.45, 7) is 8.18. The molecule has 158 valence electrons. The van der Waals surface area contributed by atoms with Crippen LogP contribution in [0, 0.1) is 0 Å². The second-order valence-corrected chi connectivity index (χ2v) is 8.28. The Morgan fingerprint density at radius 2 is 1.61 bits per heavy atom. The van der Waals surface area contributed by atoms with E-state index >= 15 is 0 Å². The van der Waals surface area contributed by atoms with E-state index in [1.165, 1.54) is 18.5 Å². The standard InChI is InChI=1S/C19H30N6O.2ClH/c20-15-9-14(10-15)17-11-18(22-19(21-17)24-3-1-2-4-24)25-12-16(13-25)23-5-7-26-8-6-23;;/h11,14-16H,1-10,12-13,20H2;2*1H. The molecule has 0 amide bonds. The summed E-state index contributed by atoms with van der Waals surface area (Å²) < 4.78 is 5.48. The normalized spacial score (nSPS) is 28.2. The number of nitrogens with two attached hydrogens (primary N) is 1. The Balaban J connectivity index is 0.00000112. The maximum absolute atomic E-state index is 6.02. The summed E-state index contributed by atoms with van der Waals surface area (Å²) in [6.07, 6.45) is 4.62. The van der Waals surface area contributed by atoms with Gasteiger partial charge < -0.3 is 20.3 Å². The third kappa shape index (κ3) is 4.33. The number of rotatable bonds is 4. The van der Waals surface area contributed by atoms with E-state index in [-0.39, 0.29) is 24.8 Å². The van der Waals surface area contributed by atoms with E-state index in [1.807, 2.05) is 0 Å². The van der Waals surface area contributed by atoms with Gasteiger partial charge in [0.1, 0.15) is 5.82 Å². The Hall–Kier alpha value is -0.860. The van der Waals surface area contributed by atoms with Crippen LogP contribution in [0.2, 0.25) is 0 Å². The van der Waals surface area contributed by atoms with E-state index in [9.17, 15) is 0 Å². The Morgan fingerprint density at radius 3 is 2.25 bits per heavy atom. The highest BCUT2D eigenvalue weighted by atomic mass is 35.5. The van der Waals surface area contributed by atoms with Crippen molar-refractivity contribution in [1.82, 2.24) is 14.9 Å². The van der Waals surface area contributed by atoms with Crippen LogP contribution in [0.25, 0.3) is 0 Å². The van der Waals surface area contributed by atoms with Gasteiger partial charge in [-0.15, -0.1) is 24.8 Å². The summed E-state index contributed by atoms with van der Waals surface area (Å²) in [5.41, 5.74) is 7.22. The first-order valence-corrected chi connectivity index (χ1v) is 10.2. The lowest BCUT2D eigenvalue weighted by Crippen LogP contribution is -2.61. The van der Waals surface area contributed by atoms with E-state index in [0.717, 1.165) is 77.1 Å². The van der Waals surface area contributed by atoms with Gasteiger partial charge in [0.25, 0.3) is 0 Å². The van der Waals surface area contributed by atoms with Gasteiger partial charge in [-0.25, -0.2) is 4.98 Å². The molecule has 1 aromatic rings. The Morgan fingerprint density at radius 1 is 0.929 bits per heavy atom. The molecule has 7 nitrogen and oxygen atoms in total. The third-order valence-electron chi connectivity index (χ3n) is 6.45. The highest BCUT2D eigenvalue weighted by Gasteiger charge is 2.35. The highest BCUT2D eigenvalue weighted by Crippen LogP contribution is 2.37. The van der Waals surface area contributed by atoms with Crippen LogP contribution in [0.1, 0.15) is 37.3 Å². The molecular weight excluding hydrogens is 399 g/mol. The summed E-state index contributed by atoms with van der Waals surface area (Å²) in [5, 5.41) is 0. The minimum Gasteiger partial charge on any atom is -0.379 e. The van der Waals surface area contributed by atoms with Crippen molar-refractivity contribution in [2.45, 2.75) is 43.7 Å². The average molecular weight is 431 g/mol. The van der Waals surface area contributed by atoms with Crippen molar-refractivity contribution in [1.29, 1.82) is 0 Å². The first-order valence-electron chi connectivity index (χ1n) is 10.2. The Bertz CT molecular complexity index is 641. The first kappa shape index (κ1) is 21.8.